The number of fused-ring (bicyclic) bond motifs is 1. The minimum absolute atomic E-state index is 0.0833. The molecule has 0 amide bonds. The van der Waals surface area contributed by atoms with Crippen LogP contribution in [0.3, 0.4) is 0 Å². The maximum atomic E-state index is 11.0. The van der Waals surface area contributed by atoms with Gasteiger partial charge in [-0.2, -0.15) is 0 Å². The number of carbonyl (C=O) groups is 1. The van der Waals surface area contributed by atoms with Gasteiger partial charge in [0.1, 0.15) is 5.76 Å². The Balaban J connectivity index is 2.34. The summed E-state index contributed by atoms with van der Waals surface area (Å²) in [6.07, 6.45) is 0. The molecule has 0 aromatic rings. The predicted molar refractivity (Wildman–Crippen MR) is 36.0 cm³/mol. The van der Waals surface area contributed by atoms with Crippen LogP contribution in [0, 0.1) is 17.3 Å². The van der Waals surface area contributed by atoms with Gasteiger partial charge in [0.25, 0.3) is 0 Å². The fourth-order valence-corrected chi connectivity index (χ4v) is 1.93. The Morgan fingerprint density at radius 3 is 2.30 bits per heavy atom. The molecule has 2 rings (SSSR count). The molecule has 2 nitrogen and oxygen atoms in total. The van der Waals surface area contributed by atoms with Crippen LogP contribution in [-0.2, 0) is 9.53 Å². The molecule has 1 saturated heterocycles. The highest BCUT2D eigenvalue weighted by atomic mass is 16.5. The number of rotatable bonds is 0. The second-order valence-electron chi connectivity index (χ2n) is 3.66. The second-order valence-corrected chi connectivity index (χ2v) is 3.66. The van der Waals surface area contributed by atoms with Crippen molar-refractivity contribution in [2.75, 3.05) is 0 Å². The molecule has 2 unspecified atom stereocenters. The average Bonchev–Trinajstić information content (AvgIpc) is 2.17. The summed E-state index contributed by atoms with van der Waals surface area (Å²) >= 11 is 0. The molecule has 1 aliphatic heterocycles. The predicted octanol–water partition coefficient (Wildman–Crippen LogP) is 1.33. The Kier molecular flexibility index (Phi) is 0.766. The highest BCUT2D eigenvalue weighted by Crippen LogP contribution is 2.65. The minimum Gasteiger partial charge on any atom is -0.431 e. The van der Waals surface area contributed by atoms with Crippen LogP contribution in [0.5, 0.6) is 0 Å². The number of hydrogen-bond donors (Lipinski definition) is 0. The monoisotopic (exact) mass is 138 g/mol. The van der Waals surface area contributed by atoms with E-state index in [4.69, 9.17) is 4.74 Å². The van der Waals surface area contributed by atoms with E-state index in [1.165, 1.54) is 0 Å². The van der Waals surface area contributed by atoms with Crippen molar-refractivity contribution in [1.29, 1.82) is 0 Å². The Morgan fingerprint density at radius 1 is 1.50 bits per heavy atom. The van der Waals surface area contributed by atoms with Gasteiger partial charge in [0.2, 0.25) is 0 Å². The van der Waals surface area contributed by atoms with Crippen LogP contribution in [0.15, 0.2) is 12.3 Å². The van der Waals surface area contributed by atoms with Crippen molar-refractivity contribution in [2.45, 2.75) is 13.8 Å². The van der Waals surface area contributed by atoms with Crippen molar-refractivity contribution >= 4 is 5.97 Å². The molecule has 0 aromatic heterocycles. The largest absolute Gasteiger partial charge is 0.431 e. The van der Waals surface area contributed by atoms with Gasteiger partial charge in [-0.3, -0.25) is 4.79 Å². The van der Waals surface area contributed by atoms with Crippen molar-refractivity contribution in [1.82, 2.24) is 0 Å². The van der Waals surface area contributed by atoms with E-state index in [2.05, 4.69) is 20.4 Å². The molecule has 10 heavy (non-hydrogen) atoms. The summed E-state index contributed by atoms with van der Waals surface area (Å²) in [6.45, 7) is 7.83. The zero-order chi connectivity index (χ0) is 7.52. The van der Waals surface area contributed by atoms with Gasteiger partial charge < -0.3 is 4.74 Å². The van der Waals surface area contributed by atoms with Crippen LogP contribution in [-0.4, -0.2) is 5.97 Å². The number of allylic oxidation sites excluding steroid dienone is 1. The molecular weight excluding hydrogens is 128 g/mol. The van der Waals surface area contributed by atoms with Gasteiger partial charge in [-0.25, -0.2) is 0 Å². The normalized spacial score (nSPS) is 41.0. The number of carbonyl (C=O) groups excluding carboxylic acids is 1. The zero-order valence-electron chi connectivity index (χ0n) is 6.18. The van der Waals surface area contributed by atoms with Crippen LogP contribution in [0.1, 0.15) is 13.8 Å². The lowest BCUT2D eigenvalue weighted by molar-refractivity contribution is -0.139. The van der Waals surface area contributed by atoms with E-state index in [9.17, 15) is 4.79 Å². The van der Waals surface area contributed by atoms with E-state index < -0.39 is 0 Å². The van der Waals surface area contributed by atoms with Crippen LogP contribution in [0.2, 0.25) is 0 Å². The first-order valence-electron chi connectivity index (χ1n) is 3.45. The molecule has 1 aliphatic carbocycles. The molecule has 0 N–H and O–H groups in total. The van der Waals surface area contributed by atoms with E-state index in [1.807, 2.05) is 0 Å². The Hall–Kier alpha value is -0.790. The molecule has 2 heteroatoms. The van der Waals surface area contributed by atoms with E-state index in [0.29, 0.717) is 11.7 Å². The molecule has 2 fully saturated rings. The lowest BCUT2D eigenvalue weighted by Crippen LogP contribution is -2.08. The molecule has 0 bridgehead atoms. The third-order valence-corrected chi connectivity index (χ3v) is 2.66. The summed E-state index contributed by atoms with van der Waals surface area (Å²) in [5.74, 6) is 1.000. The number of ether oxygens (including phenoxy) is 1. The standard InChI is InChI=1S/C8H10O2/c1-4-5-6(7(9)10-4)8(5,2)3/h5-6H,1H2,2-3H3. The molecule has 0 radical (unpaired) electrons. The van der Waals surface area contributed by atoms with E-state index in [0.717, 1.165) is 0 Å². The summed E-state index contributed by atoms with van der Waals surface area (Å²) < 4.78 is 4.83. The van der Waals surface area contributed by atoms with Crippen molar-refractivity contribution in [3.8, 4) is 0 Å². The topological polar surface area (TPSA) is 26.3 Å². The molecule has 0 aromatic carbocycles. The summed E-state index contributed by atoms with van der Waals surface area (Å²) in [4.78, 5) is 11.0. The fraction of sp³-hybridized carbons (Fsp3) is 0.625. The molecular formula is C8H10O2. The fourth-order valence-electron chi connectivity index (χ4n) is 1.93. The van der Waals surface area contributed by atoms with Crippen LogP contribution < -0.4 is 0 Å². The quantitative estimate of drug-likeness (QED) is 0.472. The van der Waals surface area contributed by atoms with E-state index in [1.54, 1.807) is 0 Å². The van der Waals surface area contributed by atoms with Gasteiger partial charge >= 0.3 is 5.97 Å². The lowest BCUT2D eigenvalue weighted by atomic mass is 10.1. The third-order valence-electron chi connectivity index (χ3n) is 2.66. The van der Waals surface area contributed by atoms with Gasteiger partial charge in [-0.1, -0.05) is 20.4 Å². The Morgan fingerprint density at radius 2 is 2.10 bits per heavy atom. The van der Waals surface area contributed by atoms with Crippen LogP contribution in [0.4, 0.5) is 0 Å². The Bertz CT molecular complexity index is 205. The summed E-state index contributed by atoms with van der Waals surface area (Å²) in [7, 11) is 0. The van der Waals surface area contributed by atoms with Crippen LogP contribution in [0.25, 0.3) is 0 Å². The minimum atomic E-state index is -0.0833. The third kappa shape index (κ3) is 0.437. The molecule has 0 spiro atoms. The highest BCUT2D eigenvalue weighted by Gasteiger charge is 2.69. The summed E-state index contributed by atoms with van der Waals surface area (Å²) in [6, 6.07) is 0. The van der Waals surface area contributed by atoms with E-state index >= 15 is 0 Å². The van der Waals surface area contributed by atoms with Gasteiger partial charge in [0, 0.05) is 5.92 Å². The first-order chi connectivity index (χ1) is 4.55. The van der Waals surface area contributed by atoms with Gasteiger partial charge in [0.05, 0.1) is 5.92 Å². The smallest absolute Gasteiger partial charge is 0.315 e. The summed E-state index contributed by atoms with van der Waals surface area (Å²) in [5, 5.41) is 0. The molecule has 1 heterocycles. The summed E-state index contributed by atoms with van der Waals surface area (Å²) in [5.41, 5.74) is 0.131. The van der Waals surface area contributed by atoms with Gasteiger partial charge in [-0.15, -0.1) is 0 Å². The molecule has 54 valence electrons. The first-order valence-corrected chi connectivity index (χ1v) is 3.45. The number of hydrogen-bond acceptors (Lipinski definition) is 2. The van der Waals surface area contributed by atoms with Gasteiger partial charge in [0.15, 0.2) is 0 Å². The molecule has 2 atom stereocenters. The Labute approximate surface area is 59.9 Å². The second kappa shape index (κ2) is 1.29. The van der Waals surface area contributed by atoms with Gasteiger partial charge in [-0.05, 0) is 5.41 Å². The number of cyclic esters (lactones) is 1. The van der Waals surface area contributed by atoms with Crippen molar-refractivity contribution in [2.24, 2.45) is 17.3 Å². The molecule has 2 aliphatic rings. The van der Waals surface area contributed by atoms with Crippen molar-refractivity contribution < 1.29 is 9.53 Å². The zero-order valence-corrected chi connectivity index (χ0v) is 6.18. The highest BCUT2D eigenvalue weighted by molar-refractivity contribution is 5.83. The maximum Gasteiger partial charge on any atom is 0.315 e. The lowest BCUT2D eigenvalue weighted by Gasteiger charge is -2.07. The maximum absolute atomic E-state index is 11.0. The van der Waals surface area contributed by atoms with E-state index in [-0.39, 0.29) is 17.3 Å². The average molecular weight is 138 g/mol. The number of esters is 1. The van der Waals surface area contributed by atoms with Crippen molar-refractivity contribution in [3.63, 3.8) is 0 Å². The first kappa shape index (κ1) is 5.96. The molecule has 1 saturated carbocycles. The van der Waals surface area contributed by atoms with Crippen LogP contribution >= 0.6 is 0 Å². The van der Waals surface area contributed by atoms with Crippen molar-refractivity contribution in [3.05, 3.63) is 12.3 Å². The SMILES string of the molecule is C=C1OC(=O)C2C1C2(C)C.